The van der Waals surface area contributed by atoms with E-state index in [9.17, 15) is 61.0 Å². The first-order valence-corrected chi connectivity index (χ1v) is 32.9. The number of aliphatic hydroxyl groups is 11. The van der Waals surface area contributed by atoms with E-state index < -0.39 is 124 Å². The van der Waals surface area contributed by atoms with E-state index in [0.29, 0.717) is 6.42 Å². The highest BCUT2D eigenvalue weighted by Crippen LogP contribution is 2.33. The number of rotatable bonds is 49. The van der Waals surface area contributed by atoms with Crippen molar-refractivity contribution < 1.29 is 89.4 Å². The number of aliphatic hydroxyl groups excluding tert-OH is 11. The summed E-state index contributed by atoms with van der Waals surface area (Å²) in [5, 5.41) is 120. The first kappa shape index (κ1) is 76.0. The molecule has 0 aromatic heterocycles. The predicted octanol–water partition coefficient (Wildman–Crippen LogP) is 7.43. The second kappa shape index (κ2) is 47.7. The van der Waals surface area contributed by atoms with Crippen molar-refractivity contribution >= 4 is 5.91 Å². The summed E-state index contributed by atoms with van der Waals surface area (Å²) in [7, 11) is 0. The number of ether oxygens (including phenoxy) is 6. The molecule has 0 spiro atoms. The van der Waals surface area contributed by atoms with Gasteiger partial charge in [0.25, 0.3) is 0 Å². The van der Waals surface area contributed by atoms with Gasteiger partial charge in [-0.2, -0.15) is 0 Å². The molecule has 1 amide bonds. The third-order valence-corrected chi connectivity index (χ3v) is 16.4. The predicted molar refractivity (Wildman–Crippen MR) is 323 cm³/mol. The summed E-state index contributed by atoms with van der Waals surface area (Å²) in [6.07, 6.45) is 28.5. The lowest BCUT2D eigenvalue weighted by atomic mass is 9.96. The van der Waals surface area contributed by atoms with E-state index in [1.54, 1.807) is 6.08 Å². The van der Waals surface area contributed by atoms with Crippen molar-refractivity contribution in [3.63, 3.8) is 0 Å². The topological polar surface area (TPSA) is 307 Å². The molecule has 0 radical (unpaired) electrons. The van der Waals surface area contributed by atoms with E-state index in [2.05, 4.69) is 55.6 Å². The number of nitrogens with one attached hydrogen (secondary N) is 1. The summed E-state index contributed by atoms with van der Waals surface area (Å²) in [6, 6.07) is -0.970. The van der Waals surface area contributed by atoms with Crippen molar-refractivity contribution in [1.29, 1.82) is 0 Å². The molecule has 19 nitrogen and oxygen atoms in total. The fourth-order valence-electron chi connectivity index (χ4n) is 11.0. The lowest BCUT2D eigenvalue weighted by Crippen LogP contribution is -2.66. The number of carbonyl (C=O) groups is 1. The molecule has 0 aromatic carbocycles. The zero-order chi connectivity index (χ0) is 61.2. The van der Waals surface area contributed by atoms with Crippen LogP contribution in [0.4, 0.5) is 0 Å². The molecule has 84 heavy (non-hydrogen) atoms. The Morgan fingerprint density at radius 3 is 1.23 bits per heavy atom. The van der Waals surface area contributed by atoms with Gasteiger partial charge >= 0.3 is 0 Å². The van der Waals surface area contributed by atoms with Crippen LogP contribution >= 0.6 is 0 Å². The molecule has 490 valence electrons. The third-order valence-electron chi connectivity index (χ3n) is 16.4. The van der Waals surface area contributed by atoms with Gasteiger partial charge in [0.2, 0.25) is 5.91 Å². The summed E-state index contributed by atoms with van der Waals surface area (Å²) < 4.78 is 34.2. The quantitative estimate of drug-likeness (QED) is 0.0208. The van der Waals surface area contributed by atoms with Crippen LogP contribution in [0.1, 0.15) is 226 Å². The second-order valence-corrected chi connectivity index (χ2v) is 23.6. The maximum atomic E-state index is 13.3. The molecule has 0 bridgehead atoms. The van der Waals surface area contributed by atoms with E-state index in [1.807, 2.05) is 6.08 Å². The number of hydrogen-bond acceptors (Lipinski definition) is 18. The van der Waals surface area contributed by atoms with Crippen molar-refractivity contribution in [2.24, 2.45) is 0 Å². The average molecular weight is 1200 g/mol. The molecule has 0 aromatic rings. The van der Waals surface area contributed by atoms with Gasteiger partial charge in [0.15, 0.2) is 18.9 Å². The van der Waals surface area contributed by atoms with E-state index in [-0.39, 0.29) is 18.9 Å². The van der Waals surface area contributed by atoms with Gasteiger partial charge in [-0.1, -0.05) is 210 Å². The Morgan fingerprint density at radius 1 is 0.429 bits per heavy atom. The van der Waals surface area contributed by atoms with Crippen molar-refractivity contribution in [2.75, 3.05) is 26.4 Å². The Kier molecular flexibility index (Phi) is 43.2. The van der Waals surface area contributed by atoms with Gasteiger partial charge in [-0.3, -0.25) is 4.79 Å². The van der Waals surface area contributed by atoms with Crippen LogP contribution in [0.3, 0.4) is 0 Å². The Bertz CT molecular complexity index is 1720. The molecule has 3 saturated heterocycles. The molecule has 3 aliphatic heterocycles. The Hall–Kier alpha value is -2.25. The maximum absolute atomic E-state index is 13.3. The van der Waals surface area contributed by atoms with Crippen molar-refractivity contribution in [3.05, 3.63) is 48.6 Å². The van der Waals surface area contributed by atoms with Gasteiger partial charge in [-0.15, -0.1) is 0 Å². The third kappa shape index (κ3) is 30.3. The minimum Gasteiger partial charge on any atom is -0.394 e. The summed E-state index contributed by atoms with van der Waals surface area (Å²) in [4.78, 5) is 13.3. The number of hydrogen-bond donors (Lipinski definition) is 12. The molecule has 3 fully saturated rings. The first-order valence-electron chi connectivity index (χ1n) is 32.9. The van der Waals surface area contributed by atoms with Gasteiger partial charge in [0.05, 0.1) is 38.6 Å². The van der Waals surface area contributed by atoms with Gasteiger partial charge in [0, 0.05) is 6.42 Å². The van der Waals surface area contributed by atoms with Crippen LogP contribution in [0.25, 0.3) is 0 Å². The molecule has 12 N–H and O–H groups in total. The summed E-state index contributed by atoms with van der Waals surface area (Å²) in [6.45, 7) is 1.66. The van der Waals surface area contributed by atoms with Crippen LogP contribution in [0.2, 0.25) is 0 Å². The number of allylic oxidation sites excluding steroid dienone is 7. The molecular weight excluding hydrogens is 1080 g/mol. The van der Waals surface area contributed by atoms with Gasteiger partial charge in [-0.05, 0) is 57.8 Å². The van der Waals surface area contributed by atoms with Gasteiger partial charge < -0.3 is 89.9 Å². The van der Waals surface area contributed by atoms with Crippen LogP contribution in [0.5, 0.6) is 0 Å². The Labute approximate surface area is 503 Å². The minimum atomic E-state index is -1.98. The van der Waals surface area contributed by atoms with E-state index in [0.717, 1.165) is 64.2 Å². The molecular formula is C65H117NO18. The van der Waals surface area contributed by atoms with Crippen molar-refractivity contribution in [1.82, 2.24) is 5.32 Å². The highest BCUT2D eigenvalue weighted by molar-refractivity contribution is 5.76. The fourth-order valence-corrected chi connectivity index (χ4v) is 11.0. The molecule has 0 aliphatic carbocycles. The molecule has 17 unspecified atom stereocenters. The largest absolute Gasteiger partial charge is 0.394 e. The normalized spacial score (nSPS) is 29.5. The van der Waals surface area contributed by atoms with Crippen molar-refractivity contribution in [3.8, 4) is 0 Å². The minimum absolute atomic E-state index is 0.243. The maximum Gasteiger partial charge on any atom is 0.220 e. The zero-order valence-corrected chi connectivity index (χ0v) is 51.4. The average Bonchev–Trinajstić information content (AvgIpc) is 2.91. The lowest BCUT2D eigenvalue weighted by molar-refractivity contribution is -0.379. The summed E-state index contributed by atoms with van der Waals surface area (Å²) in [5.74, 6) is -0.279. The van der Waals surface area contributed by atoms with Gasteiger partial charge in [-0.25, -0.2) is 0 Å². The van der Waals surface area contributed by atoms with Crippen LogP contribution in [-0.2, 0) is 33.2 Å². The van der Waals surface area contributed by atoms with E-state index >= 15 is 0 Å². The number of unbranched alkanes of at least 4 members (excludes halogenated alkanes) is 27. The van der Waals surface area contributed by atoms with Crippen LogP contribution in [-0.4, -0.2) is 193 Å². The zero-order valence-electron chi connectivity index (χ0n) is 51.4. The highest BCUT2D eigenvalue weighted by Gasteiger charge is 2.53. The molecule has 3 rings (SSSR count). The van der Waals surface area contributed by atoms with E-state index in [1.165, 1.54) is 135 Å². The van der Waals surface area contributed by atoms with E-state index in [4.69, 9.17) is 28.4 Å². The molecule has 3 heterocycles. The molecule has 19 heteroatoms. The standard InChI is InChI=1S/C65H117NO18/c1-3-5-7-9-11-13-14-15-16-17-18-19-20-21-22-23-24-25-26-27-28-29-30-31-32-33-34-35-37-39-41-43-53(71)66-48(49(70)42-40-38-36-12-10-8-6-4-2)47-79-63-59(77)56(74)61(51(45-68)81-63)84-65-60(78)57(75)62(52(46-69)82-65)83-64-58(76)55(73)54(72)50(44-67)80-64/h14-15,17-18,20-21,40,42,48-52,54-65,67-70,72-78H,3-13,16,19,22-39,41,43-47H2,1-2H3,(H,66,71)/b15-14-,18-17-,21-20-,42-40+. The van der Waals surface area contributed by atoms with Gasteiger partial charge in [0.1, 0.15) is 73.2 Å². The van der Waals surface area contributed by atoms with Crippen LogP contribution in [0.15, 0.2) is 48.6 Å². The molecule has 3 aliphatic rings. The lowest BCUT2D eigenvalue weighted by Gasteiger charge is -2.48. The molecule has 17 atom stereocenters. The highest BCUT2D eigenvalue weighted by atomic mass is 16.8. The van der Waals surface area contributed by atoms with Crippen molar-refractivity contribution in [2.45, 2.75) is 330 Å². The first-order chi connectivity index (χ1) is 40.8. The molecule has 0 saturated carbocycles. The summed E-state index contributed by atoms with van der Waals surface area (Å²) in [5.41, 5.74) is 0. The monoisotopic (exact) mass is 1200 g/mol. The fraction of sp³-hybridized carbons (Fsp3) is 0.862. The van der Waals surface area contributed by atoms with Crippen LogP contribution < -0.4 is 5.32 Å². The number of carbonyl (C=O) groups excluding carboxylic acids is 1. The van der Waals surface area contributed by atoms with Crippen LogP contribution in [0, 0.1) is 0 Å². The SMILES string of the molecule is CCCCCCC/C=C\C/C=C\C/C=C\CCCCCCCCCCCCCCCCCCC(=O)NC(COC1OC(CO)C(OC2OC(CO)C(OC3OC(CO)C(O)C(O)C3O)C(O)C2O)C(O)C1O)C(O)/C=C/CCCCCCCC. The number of amides is 1. The summed E-state index contributed by atoms with van der Waals surface area (Å²) >= 11 is 0. The Morgan fingerprint density at radius 2 is 0.786 bits per heavy atom. The smallest absolute Gasteiger partial charge is 0.220 e. The Balaban J connectivity index is 1.34. The second-order valence-electron chi connectivity index (χ2n) is 23.6.